The molecule has 1 unspecified atom stereocenters. The number of nitrogens with one attached hydrogen (secondary N) is 1. The van der Waals surface area contributed by atoms with Gasteiger partial charge in [-0.2, -0.15) is 0 Å². The molecule has 1 aliphatic rings. The van der Waals surface area contributed by atoms with Gasteiger partial charge in [-0.3, -0.25) is 10.1 Å². The van der Waals surface area contributed by atoms with Crippen LogP contribution in [0.15, 0.2) is 42.5 Å². The highest BCUT2D eigenvalue weighted by Crippen LogP contribution is 2.34. The molecule has 0 aromatic heterocycles. The van der Waals surface area contributed by atoms with Gasteiger partial charge in [0.25, 0.3) is 5.69 Å². The Morgan fingerprint density at radius 2 is 2.00 bits per heavy atom. The molecule has 1 aliphatic heterocycles. The number of halogens is 1. The van der Waals surface area contributed by atoms with E-state index in [1.54, 1.807) is 24.3 Å². The number of carbonyl (C=O) groups excluding carboxylic acids is 1. The summed E-state index contributed by atoms with van der Waals surface area (Å²) in [6.45, 7) is 0. The van der Waals surface area contributed by atoms with Crippen molar-refractivity contribution in [3.63, 3.8) is 0 Å². The molecule has 0 saturated heterocycles. The van der Waals surface area contributed by atoms with Crippen molar-refractivity contribution >= 4 is 17.3 Å². The summed E-state index contributed by atoms with van der Waals surface area (Å²) in [5.74, 6) is -1.22. The monoisotopic (exact) mass is 288 g/mol. The minimum Gasteiger partial charge on any atom is -0.434 e. The number of rotatable bonds is 3. The van der Waals surface area contributed by atoms with Crippen LogP contribution < -0.4 is 5.32 Å². The van der Waals surface area contributed by atoms with Gasteiger partial charge in [0, 0.05) is 5.56 Å². The minimum atomic E-state index is -0.835. The average molecular weight is 288 g/mol. The maximum atomic E-state index is 13.1. The molecule has 0 fully saturated rings. The molecule has 0 bridgehead atoms. The predicted octanol–water partition coefficient (Wildman–Crippen LogP) is 3.02. The summed E-state index contributed by atoms with van der Waals surface area (Å²) in [5.41, 5.74) is 0.646. The van der Waals surface area contributed by atoms with Crippen LogP contribution >= 0.6 is 0 Å². The predicted molar refractivity (Wildman–Crippen MR) is 71.3 cm³/mol. The third kappa shape index (κ3) is 2.29. The Morgan fingerprint density at radius 1 is 1.24 bits per heavy atom. The minimum absolute atomic E-state index is 0.0795. The Kier molecular flexibility index (Phi) is 3.02. The molecule has 2 aromatic carbocycles. The number of hydrogen-bond acceptors (Lipinski definition) is 5. The average Bonchev–Trinajstić information content (AvgIpc) is 2.78. The van der Waals surface area contributed by atoms with Crippen LogP contribution in [0.25, 0.3) is 0 Å². The summed E-state index contributed by atoms with van der Waals surface area (Å²) < 4.78 is 18.2. The summed E-state index contributed by atoms with van der Waals surface area (Å²) in [6, 6.07) is 9.87. The van der Waals surface area contributed by atoms with Crippen molar-refractivity contribution in [1.82, 2.24) is 0 Å². The largest absolute Gasteiger partial charge is 0.434 e. The van der Waals surface area contributed by atoms with Crippen LogP contribution in [0, 0.1) is 15.9 Å². The van der Waals surface area contributed by atoms with Crippen LogP contribution in [0.3, 0.4) is 0 Å². The number of nitro groups is 1. The van der Waals surface area contributed by atoms with Crippen LogP contribution in [0.5, 0.6) is 0 Å². The number of fused-ring (bicyclic) bond motifs is 1. The van der Waals surface area contributed by atoms with Gasteiger partial charge in [0.1, 0.15) is 11.5 Å². The number of benzene rings is 2. The van der Waals surface area contributed by atoms with E-state index >= 15 is 0 Å². The maximum absolute atomic E-state index is 13.1. The van der Waals surface area contributed by atoms with Crippen molar-refractivity contribution in [3.05, 3.63) is 69.5 Å². The first-order valence-electron chi connectivity index (χ1n) is 6.06. The van der Waals surface area contributed by atoms with Gasteiger partial charge < -0.3 is 10.1 Å². The number of ether oxygens (including phenoxy) is 1. The van der Waals surface area contributed by atoms with E-state index in [1.807, 2.05) is 0 Å². The van der Waals surface area contributed by atoms with Crippen molar-refractivity contribution in [3.8, 4) is 0 Å². The topological polar surface area (TPSA) is 81.5 Å². The molecule has 106 valence electrons. The van der Waals surface area contributed by atoms with Crippen LogP contribution in [0.4, 0.5) is 15.8 Å². The second-order valence-corrected chi connectivity index (χ2v) is 4.44. The van der Waals surface area contributed by atoms with E-state index in [-0.39, 0.29) is 5.69 Å². The first-order valence-corrected chi connectivity index (χ1v) is 6.06. The summed E-state index contributed by atoms with van der Waals surface area (Å²) in [4.78, 5) is 21.9. The highest BCUT2D eigenvalue weighted by molar-refractivity contribution is 5.94. The van der Waals surface area contributed by atoms with Crippen LogP contribution in [-0.4, -0.2) is 10.9 Å². The van der Waals surface area contributed by atoms with Crippen LogP contribution in [-0.2, 0) is 4.74 Å². The fourth-order valence-electron chi connectivity index (χ4n) is 2.17. The normalized spacial score (nSPS) is 16.2. The molecule has 3 rings (SSSR count). The number of nitrogens with zero attached hydrogens (tertiary/aromatic N) is 1. The number of nitro benzene ring substituents is 1. The lowest BCUT2D eigenvalue weighted by Gasteiger charge is -2.14. The van der Waals surface area contributed by atoms with Gasteiger partial charge in [0.05, 0.1) is 16.6 Å². The fourth-order valence-corrected chi connectivity index (χ4v) is 2.17. The Bertz CT molecular complexity index is 748. The molecular formula is C14H9FN2O4. The van der Waals surface area contributed by atoms with E-state index < -0.39 is 28.6 Å². The molecule has 0 aliphatic carbocycles. The third-order valence-corrected chi connectivity index (χ3v) is 3.13. The quantitative estimate of drug-likeness (QED) is 0.533. The Hall–Kier alpha value is -2.96. The van der Waals surface area contributed by atoms with E-state index in [1.165, 1.54) is 6.07 Å². The Morgan fingerprint density at radius 3 is 2.76 bits per heavy atom. The second kappa shape index (κ2) is 4.86. The molecule has 1 heterocycles. The first-order chi connectivity index (χ1) is 10.1. The van der Waals surface area contributed by atoms with E-state index in [0.717, 1.165) is 12.1 Å². The summed E-state index contributed by atoms with van der Waals surface area (Å²) >= 11 is 0. The lowest BCUT2D eigenvalue weighted by molar-refractivity contribution is -0.384. The number of anilines is 1. The van der Waals surface area contributed by atoms with Gasteiger partial charge in [0.2, 0.25) is 6.23 Å². The van der Waals surface area contributed by atoms with E-state index in [4.69, 9.17) is 4.74 Å². The lowest BCUT2D eigenvalue weighted by Crippen LogP contribution is -2.11. The molecule has 6 nitrogen and oxygen atoms in total. The van der Waals surface area contributed by atoms with Gasteiger partial charge in [-0.15, -0.1) is 0 Å². The highest BCUT2D eigenvalue weighted by atomic mass is 19.1. The van der Waals surface area contributed by atoms with Crippen molar-refractivity contribution in [1.29, 1.82) is 0 Å². The van der Waals surface area contributed by atoms with E-state index in [9.17, 15) is 19.3 Å². The molecule has 0 saturated carbocycles. The van der Waals surface area contributed by atoms with Crippen LogP contribution in [0.2, 0.25) is 0 Å². The van der Waals surface area contributed by atoms with Gasteiger partial charge in [-0.1, -0.05) is 18.2 Å². The maximum Gasteiger partial charge on any atom is 0.340 e. The van der Waals surface area contributed by atoms with Crippen molar-refractivity contribution < 1.29 is 18.8 Å². The zero-order valence-corrected chi connectivity index (χ0v) is 10.6. The standard InChI is InChI=1S/C14H9FN2O4/c15-8-5-6-11(12(7-8)17(19)20)16-13-9-3-1-2-4-10(9)14(18)21-13/h1-7,13,16H. The van der Waals surface area contributed by atoms with Gasteiger partial charge in [-0.05, 0) is 18.2 Å². The van der Waals surface area contributed by atoms with E-state index in [2.05, 4.69) is 5.32 Å². The molecule has 1 atom stereocenters. The zero-order chi connectivity index (χ0) is 15.0. The molecule has 21 heavy (non-hydrogen) atoms. The zero-order valence-electron chi connectivity index (χ0n) is 10.6. The number of cyclic esters (lactones) is 1. The van der Waals surface area contributed by atoms with Gasteiger partial charge in [-0.25, -0.2) is 9.18 Å². The molecule has 1 N–H and O–H groups in total. The fraction of sp³-hybridized carbons (Fsp3) is 0.0714. The first kappa shape index (κ1) is 13.0. The Balaban J connectivity index is 1.96. The van der Waals surface area contributed by atoms with Crippen molar-refractivity contribution in [2.45, 2.75) is 6.23 Å². The number of esters is 1. The molecule has 0 amide bonds. The smallest absolute Gasteiger partial charge is 0.340 e. The summed E-state index contributed by atoms with van der Waals surface area (Å²) in [5, 5.41) is 13.7. The lowest BCUT2D eigenvalue weighted by atomic mass is 10.1. The molecular weight excluding hydrogens is 279 g/mol. The summed E-state index contributed by atoms with van der Waals surface area (Å²) in [7, 11) is 0. The molecule has 0 spiro atoms. The number of carbonyl (C=O) groups is 1. The molecule has 0 radical (unpaired) electrons. The van der Waals surface area contributed by atoms with Gasteiger partial charge in [0.15, 0.2) is 0 Å². The molecule has 2 aromatic rings. The van der Waals surface area contributed by atoms with Gasteiger partial charge >= 0.3 is 5.97 Å². The van der Waals surface area contributed by atoms with Crippen LogP contribution in [0.1, 0.15) is 22.1 Å². The molecule has 7 heteroatoms. The van der Waals surface area contributed by atoms with E-state index in [0.29, 0.717) is 11.1 Å². The highest BCUT2D eigenvalue weighted by Gasteiger charge is 2.31. The SMILES string of the molecule is O=C1OC(Nc2ccc(F)cc2[N+](=O)[O-])c2ccccc21. The van der Waals surface area contributed by atoms with Crippen molar-refractivity contribution in [2.24, 2.45) is 0 Å². The summed E-state index contributed by atoms with van der Waals surface area (Å²) in [6.07, 6.45) is -0.835. The second-order valence-electron chi connectivity index (χ2n) is 4.44. The third-order valence-electron chi connectivity index (χ3n) is 3.13. The van der Waals surface area contributed by atoms with Crippen molar-refractivity contribution in [2.75, 3.05) is 5.32 Å². The number of hydrogen-bond donors (Lipinski definition) is 1. The Labute approximate surface area is 118 Å².